The van der Waals surface area contributed by atoms with Crippen LogP contribution in [-0.2, 0) is 4.79 Å². The van der Waals surface area contributed by atoms with E-state index in [-0.39, 0.29) is 5.91 Å². The SMILES string of the molecule is CC1CCN(CC(=O)Nc2ccc(C(C)C)cc2)C1. The Morgan fingerprint density at radius 1 is 1.37 bits per heavy atom. The van der Waals surface area contributed by atoms with Gasteiger partial charge in [0.25, 0.3) is 0 Å². The Morgan fingerprint density at radius 2 is 2.05 bits per heavy atom. The van der Waals surface area contributed by atoms with E-state index in [1.165, 1.54) is 12.0 Å². The molecule has 19 heavy (non-hydrogen) atoms. The topological polar surface area (TPSA) is 32.3 Å². The molecule has 1 saturated heterocycles. The Balaban J connectivity index is 1.85. The third-order valence-corrected chi connectivity index (χ3v) is 3.74. The van der Waals surface area contributed by atoms with E-state index in [1.54, 1.807) is 0 Å². The summed E-state index contributed by atoms with van der Waals surface area (Å²) in [5, 5.41) is 2.97. The van der Waals surface area contributed by atoms with Crippen molar-refractivity contribution in [1.29, 1.82) is 0 Å². The molecule has 0 bridgehead atoms. The number of benzene rings is 1. The Bertz CT molecular complexity index is 425. The number of carbonyl (C=O) groups excluding carboxylic acids is 1. The molecule has 1 aliphatic heterocycles. The lowest BCUT2D eigenvalue weighted by molar-refractivity contribution is -0.117. The van der Waals surface area contributed by atoms with E-state index in [2.05, 4.69) is 43.1 Å². The van der Waals surface area contributed by atoms with Crippen LogP contribution in [0.25, 0.3) is 0 Å². The van der Waals surface area contributed by atoms with Crippen LogP contribution in [0.2, 0.25) is 0 Å². The van der Waals surface area contributed by atoms with Crippen molar-refractivity contribution in [2.75, 3.05) is 25.0 Å². The lowest BCUT2D eigenvalue weighted by atomic mass is 10.0. The van der Waals surface area contributed by atoms with Crippen molar-refractivity contribution in [3.8, 4) is 0 Å². The molecule has 0 radical (unpaired) electrons. The quantitative estimate of drug-likeness (QED) is 0.902. The molecule has 1 aromatic rings. The summed E-state index contributed by atoms with van der Waals surface area (Å²) in [5.41, 5.74) is 2.19. The molecule has 1 unspecified atom stereocenters. The molecule has 1 amide bonds. The van der Waals surface area contributed by atoms with Crippen LogP contribution < -0.4 is 5.32 Å². The summed E-state index contributed by atoms with van der Waals surface area (Å²) >= 11 is 0. The molecule has 104 valence electrons. The number of rotatable bonds is 4. The van der Waals surface area contributed by atoms with Crippen molar-refractivity contribution >= 4 is 11.6 Å². The Labute approximate surface area is 116 Å². The lowest BCUT2D eigenvalue weighted by Gasteiger charge is -2.15. The predicted octanol–water partition coefficient (Wildman–Crippen LogP) is 3.09. The van der Waals surface area contributed by atoms with Crippen molar-refractivity contribution in [3.63, 3.8) is 0 Å². The average Bonchev–Trinajstić information content (AvgIpc) is 2.75. The third kappa shape index (κ3) is 4.06. The van der Waals surface area contributed by atoms with Gasteiger partial charge in [-0.3, -0.25) is 9.69 Å². The molecule has 3 nitrogen and oxygen atoms in total. The van der Waals surface area contributed by atoms with Crippen molar-refractivity contribution in [1.82, 2.24) is 4.90 Å². The molecule has 0 spiro atoms. The third-order valence-electron chi connectivity index (χ3n) is 3.74. The van der Waals surface area contributed by atoms with Gasteiger partial charge < -0.3 is 5.32 Å². The highest BCUT2D eigenvalue weighted by atomic mass is 16.2. The summed E-state index contributed by atoms with van der Waals surface area (Å²) in [6.45, 7) is 9.17. The highest BCUT2D eigenvalue weighted by molar-refractivity contribution is 5.92. The van der Waals surface area contributed by atoms with Gasteiger partial charge in [-0.1, -0.05) is 32.9 Å². The molecule has 0 saturated carbocycles. The van der Waals surface area contributed by atoms with Crippen molar-refractivity contribution in [2.45, 2.75) is 33.1 Å². The molecule has 1 fully saturated rings. The van der Waals surface area contributed by atoms with E-state index in [4.69, 9.17) is 0 Å². The van der Waals surface area contributed by atoms with E-state index in [0.29, 0.717) is 12.5 Å². The fourth-order valence-electron chi connectivity index (χ4n) is 2.52. The van der Waals surface area contributed by atoms with E-state index in [9.17, 15) is 4.79 Å². The largest absolute Gasteiger partial charge is 0.325 e. The smallest absolute Gasteiger partial charge is 0.238 e. The van der Waals surface area contributed by atoms with Crippen LogP contribution in [0, 0.1) is 5.92 Å². The summed E-state index contributed by atoms with van der Waals surface area (Å²) in [5.74, 6) is 1.33. The second-order valence-corrected chi connectivity index (χ2v) is 5.95. The van der Waals surface area contributed by atoms with E-state index >= 15 is 0 Å². The van der Waals surface area contributed by atoms with Gasteiger partial charge in [0.15, 0.2) is 0 Å². The fourth-order valence-corrected chi connectivity index (χ4v) is 2.52. The second-order valence-electron chi connectivity index (χ2n) is 5.95. The van der Waals surface area contributed by atoms with Crippen molar-refractivity contribution in [2.24, 2.45) is 5.92 Å². The van der Waals surface area contributed by atoms with Crippen LogP contribution in [0.15, 0.2) is 24.3 Å². The average molecular weight is 260 g/mol. The predicted molar refractivity (Wildman–Crippen MR) is 79.4 cm³/mol. The highest BCUT2D eigenvalue weighted by Gasteiger charge is 2.20. The zero-order valence-electron chi connectivity index (χ0n) is 12.1. The van der Waals surface area contributed by atoms with E-state index in [0.717, 1.165) is 24.7 Å². The second kappa shape index (κ2) is 6.20. The molecule has 0 aliphatic carbocycles. The van der Waals surface area contributed by atoms with Gasteiger partial charge >= 0.3 is 0 Å². The summed E-state index contributed by atoms with van der Waals surface area (Å²) in [7, 11) is 0. The summed E-state index contributed by atoms with van der Waals surface area (Å²) < 4.78 is 0. The minimum Gasteiger partial charge on any atom is -0.325 e. The molecule has 0 aromatic heterocycles. The van der Waals surface area contributed by atoms with Crippen LogP contribution in [0.5, 0.6) is 0 Å². The molecule has 3 heteroatoms. The first-order chi connectivity index (χ1) is 9.04. The zero-order valence-corrected chi connectivity index (χ0v) is 12.1. The summed E-state index contributed by atoms with van der Waals surface area (Å²) in [6, 6.07) is 8.14. The van der Waals surface area contributed by atoms with Gasteiger partial charge in [-0.15, -0.1) is 0 Å². The van der Waals surface area contributed by atoms with Gasteiger partial charge in [0, 0.05) is 12.2 Å². The van der Waals surface area contributed by atoms with Crippen LogP contribution in [0.3, 0.4) is 0 Å². The fraction of sp³-hybridized carbons (Fsp3) is 0.562. The maximum absolute atomic E-state index is 11.9. The number of anilines is 1. The highest BCUT2D eigenvalue weighted by Crippen LogP contribution is 2.18. The minimum atomic E-state index is 0.0893. The summed E-state index contributed by atoms with van der Waals surface area (Å²) in [4.78, 5) is 14.2. The number of likely N-dealkylation sites (tertiary alicyclic amines) is 1. The monoisotopic (exact) mass is 260 g/mol. The lowest BCUT2D eigenvalue weighted by Crippen LogP contribution is -2.31. The molecule has 1 aromatic carbocycles. The number of hydrogen-bond acceptors (Lipinski definition) is 2. The molecular weight excluding hydrogens is 236 g/mol. The van der Waals surface area contributed by atoms with E-state index in [1.807, 2.05) is 12.1 Å². The molecular formula is C16H24N2O. The minimum absolute atomic E-state index is 0.0893. The van der Waals surface area contributed by atoms with Gasteiger partial charge in [-0.2, -0.15) is 0 Å². The van der Waals surface area contributed by atoms with E-state index < -0.39 is 0 Å². The van der Waals surface area contributed by atoms with Gasteiger partial charge in [-0.05, 0) is 42.5 Å². The summed E-state index contributed by atoms with van der Waals surface area (Å²) in [6.07, 6.45) is 1.20. The van der Waals surface area contributed by atoms with Gasteiger partial charge in [0.1, 0.15) is 0 Å². The Morgan fingerprint density at radius 3 is 2.58 bits per heavy atom. The maximum Gasteiger partial charge on any atom is 0.238 e. The van der Waals surface area contributed by atoms with Crippen LogP contribution >= 0.6 is 0 Å². The molecule has 1 heterocycles. The first-order valence-corrected chi connectivity index (χ1v) is 7.16. The number of nitrogens with one attached hydrogen (secondary N) is 1. The Kier molecular flexibility index (Phi) is 4.59. The molecule has 1 aliphatic rings. The van der Waals surface area contributed by atoms with Gasteiger partial charge in [0.05, 0.1) is 6.54 Å². The first-order valence-electron chi connectivity index (χ1n) is 7.16. The van der Waals surface area contributed by atoms with Crippen LogP contribution in [0.4, 0.5) is 5.69 Å². The normalized spacial score (nSPS) is 19.9. The number of hydrogen-bond donors (Lipinski definition) is 1. The number of carbonyl (C=O) groups is 1. The van der Waals surface area contributed by atoms with Crippen LogP contribution in [0.1, 0.15) is 38.7 Å². The molecule has 1 atom stereocenters. The number of nitrogens with zero attached hydrogens (tertiary/aromatic N) is 1. The molecule has 1 N–H and O–H groups in total. The van der Waals surface area contributed by atoms with Gasteiger partial charge in [-0.25, -0.2) is 0 Å². The van der Waals surface area contributed by atoms with Crippen molar-refractivity contribution in [3.05, 3.63) is 29.8 Å². The first kappa shape index (κ1) is 14.1. The van der Waals surface area contributed by atoms with Crippen molar-refractivity contribution < 1.29 is 4.79 Å². The van der Waals surface area contributed by atoms with Crippen LogP contribution in [-0.4, -0.2) is 30.4 Å². The van der Waals surface area contributed by atoms with Gasteiger partial charge in [0.2, 0.25) is 5.91 Å². The Hall–Kier alpha value is -1.35. The number of amides is 1. The molecule has 2 rings (SSSR count). The zero-order chi connectivity index (χ0) is 13.8. The standard InChI is InChI=1S/C16H24N2O/c1-12(2)14-4-6-15(7-5-14)17-16(19)11-18-9-8-13(3)10-18/h4-7,12-13H,8-11H2,1-3H3,(H,17,19). The maximum atomic E-state index is 11.9.